The van der Waals surface area contributed by atoms with Crippen molar-refractivity contribution in [3.05, 3.63) is 34.7 Å². The summed E-state index contributed by atoms with van der Waals surface area (Å²) in [5.41, 5.74) is 1.87. The van der Waals surface area contributed by atoms with Gasteiger partial charge in [0.25, 0.3) is 0 Å². The number of aromatic nitrogens is 2. The summed E-state index contributed by atoms with van der Waals surface area (Å²) in [6.45, 7) is 9.87. The maximum absolute atomic E-state index is 12.7. The van der Waals surface area contributed by atoms with E-state index < -0.39 is 0 Å². The standard InChI is InChI=1S/C19H28N4O2/c1-3-10-22-16-7-5-6-8-17(16)23(19(22)25)11-9-18(24)21-14-12-20(4-2)13-15-21/h5-8H,3-4,9-15H2,1-2H3. The molecule has 1 saturated heterocycles. The summed E-state index contributed by atoms with van der Waals surface area (Å²) in [6.07, 6.45) is 1.29. The lowest BCUT2D eigenvalue weighted by Crippen LogP contribution is -2.48. The van der Waals surface area contributed by atoms with Crippen molar-refractivity contribution in [1.82, 2.24) is 18.9 Å². The van der Waals surface area contributed by atoms with Gasteiger partial charge in [0, 0.05) is 45.7 Å². The molecule has 0 spiro atoms. The van der Waals surface area contributed by atoms with E-state index in [0.717, 1.165) is 50.2 Å². The van der Waals surface area contributed by atoms with Gasteiger partial charge < -0.3 is 9.80 Å². The number of nitrogens with zero attached hydrogens (tertiary/aromatic N) is 4. The molecule has 2 heterocycles. The highest BCUT2D eigenvalue weighted by atomic mass is 16.2. The van der Waals surface area contributed by atoms with Crippen molar-refractivity contribution >= 4 is 16.9 Å². The Bertz CT molecular complexity index is 784. The van der Waals surface area contributed by atoms with Crippen LogP contribution in [0.3, 0.4) is 0 Å². The second kappa shape index (κ2) is 7.87. The van der Waals surface area contributed by atoms with E-state index in [0.29, 0.717) is 19.5 Å². The van der Waals surface area contributed by atoms with Crippen molar-refractivity contribution in [3.63, 3.8) is 0 Å². The highest BCUT2D eigenvalue weighted by Crippen LogP contribution is 2.14. The third-order valence-corrected chi connectivity index (χ3v) is 5.09. The highest BCUT2D eigenvalue weighted by molar-refractivity contribution is 5.78. The third kappa shape index (κ3) is 3.63. The van der Waals surface area contributed by atoms with Crippen molar-refractivity contribution < 1.29 is 4.79 Å². The zero-order valence-electron chi connectivity index (χ0n) is 15.3. The molecule has 25 heavy (non-hydrogen) atoms. The number of hydrogen-bond donors (Lipinski definition) is 0. The van der Waals surface area contributed by atoms with Gasteiger partial charge in [-0.25, -0.2) is 4.79 Å². The van der Waals surface area contributed by atoms with Crippen molar-refractivity contribution in [2.24, 2.45) is 0 Å². The number of benzene rings is 1. The summed E-state index contributed by atoms with van der Waals surface area (Å²) in [6, 6.07) is 7.85. The number of fused-ring (bicyclic) bond motifs is 1. The Morgan fingerprint density at radius 2 is 1.56 bits per heavy atom. The van der Waals surface area contributed by atoms with Crippen molar-refractivity contribution in [3.8, 4) is 0 Å². The minimum absolute atomic E-state index is 0.00773. The Hall–Kier alpha value is -2.08. The Morgan fingerprint density at radius 3 is 2.12 bits per heavy atom. The molecule has 2 aromatic rings. The fourth-order valence-corrected chi connectivity index (χ4v) is 3.61. The van der Waals surface area contributed by atoms with Gasteiger partial charge in [-0.05, 0) is 25.1 Å². The van der Waals surface area contributed by atoms with E-state index in [1.165, 1.54) is 0 Å². The lowest BCUT2D eigenvalue weighted by molar-refractivity contribution is -0.133. The van der Waals surface area contributed by atoms with Crippen LogP contribution in [-0.4, -0.2) is 57.6 Å². The number of likely N-dealkylation sites (N-methyl/N-ethyl adjacent to an activating group) is 1. The molecule has 1 aliphatic heterocycles. The van der Waals surface area contributed by atoms with Crippen molar-refractivity contribution in [1.29, 1.82) is 0 Å². The molecule has 6 heteroatoms. The van der Waals surface area contributed by atoms with Crippen LogP contribution < -0.4 is 5.69 Å². The van der Waals surface area contributed by atoms with Crippen molar-refractivity contribution in [2.75, 3.05) is 32.7 Å². The van der Waals surface area contributed by atoms with Gasteiger partial charge in [0.1, 0.15) is 0 Å². The first-order valence-electron chi connectivity index (χ1n) is 9.33. The first kappa shape index (κ1) is 17.7. The van der Waals surface area contributed by atoms with E-state index in [-0.39, 0.29) is 11.6 Å². The molecule has 0 N–H and O–H groups in total. The van der Waals surface area contributed by atoms with Gasteiger partial charge in [-0.15, -0.1) is 0 Å². The predicted molar refractivity (Wildman–Crippen MR) is 99.8 cm³/mol. The summed E-state index contributed by atoms with van der Waals surface area (Å²) in [7, 11) is 0. The van der Waals surface area contributed by atoms with E-state index in [9.17, 15) is 9.59 Å². The van der Waals surface area contributed by atoms with Gasteiger partial charge in [-0.3, -0.25) is 13.9 Å². The number of rotatable bonds is 6. The maximum Gasteiger partial charge on any atom is 0.329 e. The fourth-order valence-electron chi connectivity index (χ4n) is 3.61. The zero-order chi connectivity index (χ0) is 17.8. The quantitative estimate of drug-likeness (QED) is 0.802. The van der Waals surface area contributed by atoms with Crippen LogP contribution in [0, 0.1) is 0 Å². The lowest BCUT2D eigenvalue weighted by atomic mass is 10.2. The number of carbonyl (C=O) groups excluding carboxylic acids is 1. The minimum atomic E-state index is -0.00773. The molecule has 136 valence electrons. The molecule has 1 amide bonds. The molecule has 3 rings (SSSR count). The topological polar surface area (TPSA) is 50.5 Å². The Labute approximate surface area is 148 Å². The van der Waals surface area contributed by atoms with Crippen LogP contribution in [0.4, 0.5) is 0 Å². The second-order valence-corrected chi connectivity index (χ2v) is 6.64. The van der Waals surface area contributed by atoms with Gasteiger partial charge in [0.15, 0.2) is 0 Å². The summed E-state index contributed by atoms with van der Waals surface area (Å²) in [5, 5.41) is 0. The Balaban J connectivity index is 1.72. The molecule has 0 saturated carbocycles. The number of aryl methyl sites for hydroxylation is 2. The van der Waals surface area contributed by atoms with E-state index in [2.05, 4.69) is 18.7 Å². The molecule has 0 radical (unpaired) electrons. The Morgan fingerprint density at radius 1 is 0.960 bits per heavy atom. The number of imidazole rings is 1. The molecule has 0 bridgehead atoms. The number of para-hydroxylation sites is 2. The Kier molecular flexibility index (Phi) is 5.58. The molecule has 0 unspecified atom stereocenters. The minimum Gasteiger partial charge on any atom is -0.340 e. The van der Waals surface area contributed by atoms with Gasteiger partial charge in [-0.1, -0.05) is 26.0 Å². The average Bonchev–Trinajstić information content (AvgIpc) is 2.92. The summed E-state index contributed by atoms with van der Waals surface area (Å²) < 4.78 is 3.57. The van der Waals surface area contributed by atoms with Crippen LogP contribution in [0.2, 0.25) is 0 Å². The molecular weight excluding hydrogens is 316 g/mol. The van der Waals surface area contributed by atoms with Gasteiger partial charge in [0.05, 0.1) is 11.0 Å². The number of piperazine rings is 1. The number of amides is 1. The van der Waals surface area contributed by atoms with Gasteiger partial charge >= 0.3 is 5.69 Å². The van der Waals surface area contributed by atoms with Gasteiger partial charge in [-0.2, -0.15) is 0 Å². The van der Waals surface area contributed by atoms with E-state index in [4.69, 9.17) is 0 Å². The van der Waals surface area contributed by atoms with Crippen molar-refractivity contribution in [2.45, 2.75) is 39.8 Å². The van der Waals surface area contributed by atoms with Crippen LogP contribution in [0.5, 0.6) is 0 Å². The van der Waals surface area contributed by atoms with Crippen LogP contribution in [-0.2, 0) is 17.9 Å². The van der Waals surface area contributed by atoms with Crippen LogP contribution in [0.1, 0.15) is 26.7 Å². The summed E-state index contributed by atoms with van der Waals surface area (Å²) in [4.78, 5) is 29.6. The number of carbonyl (C=O) groups is 1. The first-order valence-corrected chi connectivity index (χ1v) is 9.33. The van der Waals surface area contributed by atoms with E-state index in [1.54, 1.807) is 4.57 Å². The van der Waals surface area contributed by atoms with E-state index >= 15 is 0 Å². The lowest BCUT2D eigenvalue weighted by Gasteiger charge is -2.34. The SMILES string of the molecule is CCCn1c(=O)n(CCC(=O)N2CCN(CC)CC2)c2ccccc21. The molecule has 0 atom stereocenters. The van der Waals surface area contributed by atoms with Crippen LogP contribution >= 0.6 is 0 Å². The summed E-state index contributed by atoms with van der Waals surface area (Å²) >= 11 is 0. The van der Waals surface area contributed by atoms with E-state index in [1.807, 2.05) is 33.7 Å². The molecule has 6 nitrogen and oxygen atoms in total. The normalized spacial score (nSPS) is 15.8. The number of hydrogen-bond acceptors (Lipinski definition) is 3. The predicted octanol–water partition coefficient (Wildman–Crippen LogP) is 1.77. The molecule has 1 fully saturated rings. The molecular formula is C19H28N4O2. The molecule has 1 aromatic heterocycles. The fraction of sp³-hybridized carbons (Fsp3) is 0.579. The zero-order valence-corrected chi connectivity index (χ0v) is 15.3. The highest BCUT2D eigenvalue weighted by Gasteiger charge is 2.20. The molecule has 1 aliphatic rings. The summed E-state index contributed by atoms with van der Waals surface area (Å²) in [5.74, 6) is 0.148. The third-order valence-electron chi connectivity index (χ3n) is 5.09. The maximum atomic E-state index is 12.7. The smallest absolute Gasteiger partial charge is 0.329 e. The molecule has 0 aliphatic carbocycles. The van der Waals surface area contributed by atoms with Gasteiger partial charge in [0.2, 0.25) is 5.91 Å². The largest absolute Gasteiger partial charge is 0.340 e. The monoisotopic (exact) mass is 344 g/mol. The average molecular weight is 344 g/mol. The second-order valence-electron chi connectivity index (χ2n) is 6.64. The first-order chi connectivity index (χ1) is 12.2. The molecule has 1 aromatic carbocycles. The van der Waals surface area contributed by atoms with Crippen LogP contribution in [0.15, 0.2) is 29.1 Å². The van der Waals surface area contributed by atoms with Crippen LogP contribution in [0.25, 0.3) is 11.0 Å².